The Balaban J connectivity index is 2.26. The van der Waals surface area contributed by atoms with Gasteiger partial charge < -0.3 is 10.5 Å². The molecule has 1 fully saturated rings. The molecule has 0 bridgehead atoms. The Bertz CT molecular complexity index is 438. The van der Waals surface area contributed by atoms with Crippen molar-refractivity contribution in [2.24, 2.45) is 5.73 Å². The van der Waals surface area contributed by atoms with Crippen LogP contribution in [-0.2, 0) is 5.54 Å². The highest BCUT2D eigenvalue weighted by atomic mass is 19.3. The van der Waals surface area contributed by atoms with Gasteiger partial charge in [0, 0.05) is 18.4 Å². The molecule has 1 saturated carbocycles. The fourth-order valence-electron chi connectivity index (χ4n) is 2.32. The lowest BCUT2D eigenvalue weighted by molar-refractivity contribution is -0.0514. The lowest BCUT2D eigenvalue weighted by Crippen LogP contribution is -2.43. The molecule has 0 saturated heterocycles. The van der Waals surface area contributed by atoms with Gasteiger partial charge in [0.2, 0.25) is 5.92 Å². The van der Waals surface area contributed by atoms with Crippen molar-refractivity contribution >= 4 is 0 Å². The first kappa shape index (κ1) is 13.2. The first-order chi connectivity index (χ1) is 8.36. The number of alkyl halides is 2. The van der Waals surface area contributed by atoms with E-state index in [1.165, 1.54) is 19.2 Å². The molecule has 0 radical (unpaired) electrons. The Morgan fingerprint density at radius 3 is 2.33 bits per heavy atom. The molecule has 0 heterocycles. The van der Waals surface area contributed by atoms with Crippen LogP contribution in [0.2, 0.25) is 0 Å². The highest BCUT2D eigenvalue weighted by molar-refractivity contribution is 5.35. The van der Waals surface area contributed by atoms with Crippen LogP contribution in [0, 0.1) is 5.82 Å². The summed E-state index contributed by atoms with van der Waals surface area (Å²) in [6, 6.07) is 4.30. The predicted octanol–water partition coefficient (Wildman–Crippen LogP) is 3.20. The van der Waals surface area contributed by atoms with Crippen molar-refractivity contribution in [3.8, 4) is 5.75 Å². The van der Waals surface area contributed by atoms with Gasteiger partial charge in [-0.2, -0.15) is 0 Å². The fraction of sp³-hybridized carbons (Fsp3) is 0.538. The largest absolute Gasteiger partial charge is 0.494 e. The molecule has 0 aromatic heterocycles. The summed E-state index contributed by atoms with van der Waals surface area (Å²) in [6.07, 6.45) is -0.0873. The van der Waals surface area contributed by atoms with Gasteiger partial charge >= 0.3 is 0 Å². The molecular weight excluding hydrogens is 243 g/mol. The van der Waals surface area contributed by atoms with E-state index in [1.807, 2.05) is 0 Å². The van der Waals surface area contributed by atoms with Crippen molar-refractivity contribution in [2.45, 2.75) is 37.1 Å². The van der Waals surface area contributed by atoms with Gasteiger partial charge in [-0.25, -0.2) is 13.2 Å². The van der Waals surface area contributed by atoms with E-state index in [9.17, 15) is 13.2 Å². The van der Waals surface area contributed by atoms with Crippen molar-refractivity contribution in [3.05, 3.63) is 29.6 Å². The minimum Gasteiger partial charge on any atom is -0.494 e. The molecule has 1 aromatic rings. The zero-order valence-electron chi connectivity index (χ0n) is 10.2. The Morgan fingerprint density at radius 2 is 1.78 bits per heavy atom. The van der Waals surface area contributed by atoms with E-state index in [0.29, 0.717) is 5.56 Å². The van der Waals surface area contributed by atoms with Crippen LogP contribution in [0.25, 0.3) is 0 Å². The van der Waals surface area contributed by atoms with E-state index in [1.54, 1.807) is 6.07 Å². The average Bonchev–Trinajstić information content (AvgIpc) is 2.34. The zero-order chi connectivity index (χ0) is 13.4. The molecule has 2 rings (SSSR count). The SMILES string of the molecule is COc1cc(C2(N)CCC(F)(F)CC2)ccc1F. The number of nitrogens with two attached hydrogens (primary N) is 1. The van der Waals surface area contributed by atoms with Gasteiger partial charge in [0.25, 0.3) is 0 Å². The quantitative estimate of drug-likeness (QED) is 0.885. The normalized spacial score (nSPS) is 21.6. The first-order valence-corrected chi connectivity index (χ1v) is 5.87. The molecule has 0 amide bonds. The molecule has 2 N–H and O–H groups in total. The van der Waals surface area contributed by atoms with Crippen LogP contribution >= 0.6 is 0 Å². The van der Waals surface area contributed by atoms with Crippen LogP contribution in [0.1, 0.15) is 31.2 Å². The molecule has 0 unspecified atom stereocenters. The predicted molar refractivity (Wildman–Crippen MR) is 62.2 cm³/mol. The highest BCUT2D eigenvalue weighted by Crippen LogP contribution is 2.42. The van der Waals surface area contributed by atoms with Gasteiger partial charge in [0.05, 0.1) is 7.11 Å². The molecule has 1 aromatic carbocycles. The molecule has 1 aliphatic rings. The van der Waals surface area contributed by atoms with E-state index in [0.717, 1.165) is 0 Å². The lowest BCUT2D eigenvalue weighted by atomic mass is 9.76. The number of methoxy groups -OCH3 is 1. The van der Waals surface area contributed by atoms with E-state index in [2.05, 4.69) is 0 Å². The average molecular weight is 259 g/mol. The topological polar surface area (TPSA) is 35.2 Å². The standard InChI is InChI=1S/C13H16F3NO/c1-18-11-8-9(2-3-10(11)14)12(17)4-6-13(15,16)7-5-12/h2-3,8H,4-7,17H2,1H3. The van der Waals surface area contributed by atoms with E-state index in [-0.39, 0.29) is 31.4 Å². The smallest absolute Gasteiger partial charge is 0.248 e. The number of hydrogen-bond donors (Lipinski definition) is 1. The van der Waals surface area contributed by atoms with Crippen molar-refractivity contribution in [1.82, 2.24) is 0 Å². The lowest BCUT2D eigenvalue weighted by Gasteiger charge is -2.37. The van der Waals surface area contributed by atoms with Crippen LogP contribution < -0.4 is 10.5 Å². The van der Waals surface area contributed by atoms with Gasteiger partial charge in [-0.05, 0) is 30.5 Å². The van der Waals surface area contributed by atoms with Gasteiger partial charge in [0.15, 0.2) is 11.6 Å². The maximum atomic E-state index is 13.3. The molecule has 5 heteroatoms. The molecule has 1 aliphatic carbocycles. The summed E-state index contributed by atoms with van der Waals surface area (Å²) in [5.74, 6) is -3.02. The molecular formula is C13H16F3NO. The molecule has 100 valence electrons. The summed E-state index contributed by atoms with van der Waals surface area (Å²) >= 11 is 0. The van der Waals surface area contributed by atoms with E-state index in [4.69, 9.17) is 10.5 Å². The van der Waals surface area contributed by atoms with Crippen molar-refractivity contribution in [1.29, 1.82) is 0 Å². The second kappa shape index (κ2) is 4.46. The third-order valence-corrected chi connectivity index (χ3v) is 3.60. The highest BCUT2D eigenvalue weighted by Gasteiger charge is 2.42. The number of rotatable bonds is 2. The second-order valence-corrected chi connectivity index (χ2v) is 4.86. The van der Waals surface area contributed by atoms with Gasteiger partial charge in [-0.3, -0.25) is 0 Å². The first-order valence-electron chi connectivity index (χ1n) is 5.87. The summed E-state index contributed by atoms with van der Waals surface area (Å²) in [6.45, 7) is 0. The van der Waals surface area contributed by atoms with Gasteiger partial charge in [0.1, 0.15) is 0 Å². The molecule has 0 atom stereocenters. The molecule has 2 nitrogen and oxygen atoms in total. The number of hydrogen-bond acceptors (Lipinski definition) is 2. The van der Waals surface area contributed by atoms with E-state index >= 15 is 0 Å². The van der Waals surface area contributed by atoms with Crippen molar-refractivity contribution in [2.75, 3.05) is 7.11 Å². The Morgan fingerprint density at radius 1 is 1.17 bits per heavy atom. The number of halogens is 3. The van der Waals surface area contributed by atoms with Crippen molar-refractivity contribution < 1.29 is 17.9 Å². The monoisotopic (exact) mass is 259 g/mol. The zero-order valence-corrected chi connectivity index (χ0v) is 10.2. The Hall–Kier alpha value is -1.23. The minimum absolute atomic E-state index is 0.0923. The van der Waals surface area contributed by atoms with Crippen LogP contribution in [-0.4, -0.2) is 13.0 Å². The summed E-state index contributed by atoms with van der Waals surface area (Å²) in [4.78, 5) is 0. The molecule has 18 heavy (non-hydrogen) atoms. The second-order valence-electron chi connectivity index (χ2n) is 4.86. The van der Waals surface area contributed by atoms with Gasteiger partial charge in [-0.1, -0.05) is 6.07 Å². The minimum atomic E-state index is -2.63. The maximum absolute atomic E-state index is 13.3. The van der Waals surface area contributed by atoms with Gasteiger partial charge in [-0.15, -0.1) is 0 Å². The third-order valence-electron chi connectivity index (χ3n) is 3.60. The van der Waals surface area contributed by atoms with Crippen LogP contribution in [0.5, 0.6) is 5.75 Å². The fourth-order valence-corrected chi connectivity index (χ4v) is 2.32. The summed E-state index contributed by atoms with van der Waals surface area (Å²) < 4.78 is 44.4. The Kier molecular flexibility index (Phi) is 3.27. The summed E-state index contributed by atoms with van der Waals surface area (Å²) in [7, 11) is 1.36. The van der Waals surface area contributed by atoms with Crippen LogP contribution in [0.4, 0.5) is 13.2 Å². The van der Waals surface area contributed by atoms with Crippen molar-refractivity contribution in [3.63, 3.8) is 0 Å². The Labute approximate surface area is 104 Å². The molecule has 0 aliphatic heterocycles. The summed E-state index contributed by atoms with van der Waals surface area (Å²) in [5.41, 5.74) is 6.00. The summed E-state index contributed by atoms with van der Waals surface area (Å²) in [5, 5.41) is 0. The van der Waals surface area contributed by atoms with Crippen LogP contribution in [0.3, 0.4) is 0 Å². The van der Waals surface area contributed by atoms with E-state index < -0.39 is 17.3 Å². The third kappa shape index (κ3) is 2.46. The number of benzene rings is 1. The maximum Gasteiger partial charge on any atom is 0.248 e. The molecule has 0 spiro atoms. The number of ether oxygens (including phenoxy) is 1. The van der Waals surface area contributed by atoms with Crippen LogP contribution in [0.15, 0.2) is 18.2 Å².